The van der Waals surface area contributed by atoms with Gasteiger partial charge < -0.3 is 45.1 Å². The number of aromatic hydroxyl groups is 4. The number of carbonyl (C=O) groups is 1. The summed E-state index contributed by atoms with van der Waals surface area (Å²) in [5, 5.41) is 59.1. The minimum atomic E-state index is -1.04. The van der Waals surface area contributed by atoms with Crippen molar-refractivity contribution in [2.75, 3.05) is 33.3 Å². The number of phenols is 4. The smallest absolute Gasteiger partial charge is 0.200 e. The van der Waals surface area contributed by atoms with Gasteiger partial charge in [-0.3, -0.25) is 4.79 Å². The number of ether oxygens (including phenoxy) is 3. The van der Waals surface area contributed by atoms with E-state index in [1.165, 1.54) is 20.3 Å². The highest BCUT2D eigenvalue weighted by molar-refractivity contribution is 5.92. The highest BCUT2D eigenvalue weighted by Crippen LogP contribution is 2.44. The number of aliphatic hydroxyl groups excluding tert-OH is 1. The molecule has 2 bridgehead atoms. The van der Waals surface area contributed by atoms with Crippen LogP contribution in [0.2, 0.25) is 0 Å². The summed E-state index contributed by atoms with van der Waals surface area (Å²) < 4.78 is 16.1. The van der Waals surface area contributed by atoms with Gasteiger partial charge in [0, 0.05) is 32.0 Å². The molecule has 1 aliphatic rings. The fourth-order valence-electron chi connectivity index (χ4n) is 7.82. The number of benzene rings is 4. The average Bonchev–Trinajstić information content (AvgIpc) is 3.17. The van der Waals surface area contributed by atoms with E-state index in [0.29, 0.717) is 55.8 Å². The van der Waals surface area contributed by atoms with Crippen LogP contribution in [0.1, 0.15) is 66.2 Å². The van der Waals surface area contributed by atoms with Crippen molar-refractivity contribution in [2.45, 2.75) is 62.9 Å². The Balaban J connectivity index is 1.47. The predicted octanol–water partition coefficient (Wildman–Crippen LogP) is 7.63. The van der Waals surface area contributed by atoms with Crippen molar-refractivity contribution in [3.8, 4) is 34.5 Å². The molecule has 0 spiro atoms. The lowest BCUT2D eigenvalue weighted by molar-refractivity contribution is -0.128. The maximum atomic E-state index is 15.0. The van der Waals surface area contributed by atoms with Crippen molar-refractivity contribution in [1.29, 1.82) is 0 Å². The van der Waals surface area contributed by atoms with Gasteiger partial charge in [0.05, 0.1) is 26.2 Å². The van der Waals surface area contributed by atoms with Gasteiger partial charge in [0.25, 0.3) is 0 Å². The molecule has 11 nitrogen and oxygen atoms in total. The molecular formula is C43H48N2O9. The molecule has 4 aromatic carbocycles. The van der Waals surface area contributed by atoms with Crippen molar-refractivity contribution in [1.82, 2.24) is 4.98 Å². The van der Waals surface area contributed by atoms with Gasteiger partial charge in [-0.05, 0) is 138 Å². The van der Waals surface area contributed by atoms with Crippen LogP contribution in [0.25, 0.3) is 10.8 Å². The molecule has 284 valence electrons. The normalized spacial score (nSPS) is 18.1. The Kier molecular flexibility index (Phi) is 12.1. The minimum absolute atomic E-state index is 0.0174. The largest absolute Gasteiger partial charge is 0.508 e. The van der Waals surface area contributed by atoms with E-state index in [2.05, 4.69) is 10.3 Å². The molecule has 0 saturated carbocycles. The Labute approximate surface area is 314 Å². The number of pyridine rings is 1. The molecule has 0 amide bonds. The number of aromatic nitrogens is 1. The van der Waals surface area contributed by atoms with E-state index in [4.69, 9.17) is 14.2 Å². The van der Waals surface area contributed by atoms with Gasteiger partial charge in [-0.1, -0.05) is 18.2 Å². The summed E-state index contributed by atoms with van der Waals surface area (Å²) in [7, 11) is 4.52. The second kappa shape index (κ2) is 17.1. The minimum Gasteiger partial charge on any atom is -0.508 e. The molecular weight excluding hydrogens is 688 g/mol. The van der Waals surface area contributed by atoms with Gasteiger partial charge in [-0.2, -0.15) is 0 Å². The number of anilines is 2. The number of carbonyl (C=O) groups excluding carboxylic acids is 1. The molecule has 5 aromatic rings. The maximum Gasteiger partial charge on any atom is 0.200 e. The number of rotatable bonds is 11. The fraction of sp³-hybridized carbons (Fsp3) is 0.349. The zero-order chi connectivity index (χ0) is 38.4. The van der Waals surface area contributed by atoms with Gasteiger partial charge in [-0.25, -0.2) is 4.98 Å². The second-order valence-electron chi connectivity index (χ2n) is 14.0. The van der Waals surface area contributed by atoms with Crippen molar-refractivity contribution in [3.05, 3.63) is 101 Å². The highest BCUT2D eigenvalue weighted by atomic mass is 16.5. The summed E-state index contributed by atoms with van der Waals surface area (Å²) in [4.78, 5) is 19.6. The third kappa shape index (κ3) is 8.48. The first-order chi connectivity index (χ1) is 26.1. The molecule has 6 rings (SSSR count). The number of nitrogens with zero attached hydrogens (tertiary/aromatic N) is 1. The molecule has 11 heteroatoms. The Bertz CT molecular complexity index is 2100. The molecule has 1 aliphatic heterocycles. The van der Waals surface area contributed by atoms with E-state index < -0.39 is 23.9 Å². The number of aliphatic hydroxyl groups is 1. The molecule has 0 aliphatic carbocycles. The summed E-state index contributed by atoms with van der Waals surface area (Å²) in [6, 6.07) is 21.2. The first-order valence-electron chi connectivity index (χ1n) is 18.2. The Morgan fingerprint density at radius 2 is 1.69 bits per heavy atom. The first kappa shape index (κ1) is 38.2. The third-order valence-corrected chi connectivity index (χ3v) is 10.6. The molecule has 4 atom stereocenters. The number of methoxy groups -OCH3 is 3. The lowest BCUT2D eigenvalue weighted by Crippen LogP contribution is -2.35. The number of ketones is 1. The summed E-state index contributed by atoms with van der Waals surface area (Å²) >= 11 is 0. The summed E-state index contributed by atoms with van der Waals surface area (Å²) in [6.45, 7) is 0.474. The Morgan fingerprint density at radius 1 is 0.870 bits per heavy atom. The zero-order valence-electron chi connectivity index (χ0n) is 30.8. The third-order valence-electron chi connectivity index (χ3n) is 10.6. The number of aryl methyl sites for hydroxylation is 2. The van der Waals surface area contributed by atoms with Crippen LogP contribution in [-0.2, 0) is 22.4 Å². The second-order valence-corrected chi connectivity index (χ2v) is 14.0. The number of phenolic OH excluding ortho intramolecular Hbond substituents is 4. The molecule has 0 unspecified atom stereocenters. The van der Waals surface area contributed by atoms with Crippen molar-refractivity contribution >= 4 is 28.1 Å². The maximum absolute atomic E-state index is 15.0. The van der Waals surface area contributed by atoms with Crippen LogP contribution < -0.4 is 14.8 Å². The summed E-state index contributed by atoms with van der Waals surface area (Å²) in [5.41, 5.74) is 4.09. The number of hydrogen-bond acceptors (Lipinski definition) is 11. The molecule has 6 N–H and O–H groups in total. The van der Waals surface area contributed by atoms with E-state index in [1.807, 2.05) is 30.3 Å². The number of nitrogens with one attached hydrogen (secondary N) is 1. The average molecular weight is 737 g/mol. The van der Waals surface area contributed by atoms with Crippen LogP contribution in [0.15, 0.2) is 79.0 Å². The number of fused-ring (bicyclic) bond motifs is 5. The van der Waals surface area contributed by atoms with Gasteiger partial charge >= 0.3 is 0 Å². The van der Waals surface area contributed by atoms with Gasteiger partial charge in [-0.15, -0.1) is 0 Å². The number of Topliss-reactive ketones (excluding diaryl/α,β-unsaturated/α-hetero) is 1. The van der Waals surface area contributed by atoms with Gasteiger partial charge in [0.1, 0.15) is 17.4 Å². The summed E-state index contributed by atoms with van der Waals surface area (Å²) in [5.74, 6) is -1.38. The van der Waals surface area contributed by atoms with Crippen LogP contribution in [-0.4, -0.2) is 70.3 Å². The number of hydrogen-bond donors (Lipinski definition) is 6. The Hall–Kier alpha value is -5.52. The monoisotopic (exact) mass is 736 g/mol. The lowest BCUT2D eigenvalue weighted by atomic mass is 9.73. The molecule has 2 heterocycles. The zero-order valence-corrected chi connectivity index (χ0v) is 30.8. The lowest BCUT2D eigenvalue weighted by Gasteiger charge is -2.32. The molecule has 1 aromatic heterocycles. The molecule has 0 saturated heterocycles. The summed E-state index contributed by atoms with van der Waals surface area (Å²) in [6.07, 6.45) is 3.57. The van der Waals surface area contributed by atoms with Crippen LogP contribution in [0.4, 0.5) is 11.5 Å². The van der Waals surface area contributed by atoms with Crippen molar-refractivity contribution < 1.29 is 44.5 Å². The highest BCUT2D eigenvalue weighted by Gasteiger charge is 2.37. The molecule has 54 heavy (non-hydrogen) atoms. The van der Waals surface area contributed by atoms with Gasteiger partial charge in [0.2, 0.25) is 5.75 Å². The fourth-order valence-corrected chi connectivity index (χ4v) is 7.82. The molecule has 0 radical (unpaired) electrons. The topological polar surface area (TPSA) is 171 Å². The van der Waals surface area contributed by atoms with Crippen LogP contribution in [0.5, 0.6) is 34.5 Å². The van der Waals surface area contributed by atoms with Crippen LogP contribution >= 0.6 is 0 Å². The van der Waals surface area contributed by atoms with Crippen LogP contribution in [0.3, 0.4) is 0 Å². The van der Waals surface area contributed by atoms with Crippen molar-refractivity contribution in [3.63, 3.8) is 0 Å². The van der Waals surface area contributed by atoms with Crippen LogP contribution in [0, 0.1) is 5.92 Å². The van der Waals surface area contributed by atoms with E-state index in [0.717, 1.165) is 33.2 Å². The quantitative estimate of drug-likeness (QED) is 0.0582. The van der Waals surface area contributed by atoms with E-state index in [1.54, 1.807) is 49.7 Å². The first-order valence-corrected chi connectivity index (χ1v) is 18.2. The Morgan fingerprint density at radius 3 is 2.46 bits per heavy atom. The van der Waals surface area contributed by atoms with E-state index in [9.17, 15) is 30.3 Å². The molecule has 0 fully saturated rings. The van der Waals surface area contributed by atoms with E-state index >= 15 is 0 Å². The van der Waals surface area contributed by atoms with Crippen molar-refractivity contribution in [2.24, 2.45) is 5.92 Å². The SMILES string of the molecule is COCCC[C@H]1c2ccnc(c2)Nc2ccc3cc(O)ccc3c2CC[C@@H](c2cc(O)c(O)c(OC)c2)CC(=O)[C@@H]1[C@H](O)CCc1ccc(O)c(OC)c1. The van der Waals surface area contributed by atoms with Gasteiger partial charge in [0.15, 0.2) is 23.0 Å². The predicted molar refractivity (Wildman–Crippen MR) is 206 cm³/mol. The standard InChI is InChI=1S/C43H48N2O9/c1-52-18-4-5-32-28-16-17-44-41(24-28)45-34-13-9-27-20-30(46)10-12-31(27)33(34)11-8-26(29-22-38(50)43(51)40(23-29)54-3)21-37(49)42(32)36(48)15-7-25-6-14-35(47)39(19-25)53-2/h6,9-10,12-14,16-17,19-20,22-24,26,32,36,42,46-48,50-51H,4-5,7-8,11,15,18,21H2,1-3H3,(H,44,45)/t26-,32+,36-,42+/m1/s1. The van der Waals surface area contributed by atoms with E-state index in [-0.39, 0.29) is 47.4 Å².